The van der Waals surface area contributed by atoms with Gasteiger partial charge in [0.1, 0.15) is 0 Å². The maximum absolute atomic E-state index is 6.66. The van der Waals surface area contributed by atoms with Crippen molar-refractivity contribution in [3.8, 4) is 0 Å². The predicted octanol–water partition coefficient (Wildman–Crippen LogP) is 2.12. The molecule has 0 saturated heterocycles. The third kappa shape index (κ3) is 3.30. The topological polar surface area (TPSA) is 33.1 Å². The van der Waals surface area contributed by atoms with E-state index in [0.717, 1.165) is 0 Å². The van der Waals surface area contributed by atoms with E-state index < -0.39 is 0 Å². The zero-order valence-corrected chi connectivity index (χ0v) is 6.92. The van der Waals surface area contributed by atoms with Crippen molar-refractivity contribution in [3.05, 3.63) is 35.9 Å². The van der Waals surface area contributed by atoms with Gasteiger partial charge in [-0.3, -0.25) is 0 Å². The van der Waals surface area contributed by atoms with Gasteiger partial charge in [0.25, 0.3) is 0 Å². The van der Waals surface area contributed by atoms with E-state index in [1.165, 1.54) is 5.56 Å². The van der Waals surface area contributed by atoms with Crippen LogP contribution in [0.1, 0.15) is 12.0 Å². The molecule has 0 bridgehead atoms. The summed E-state index contributed by atoms with van der Waals surface area (Å²) >= 11 is 0. The van der Waals surface area contributed by atoms with E-state index in [4.69, 9.17) is 10.1 Å². The molecule has 1 radical (unpaired) electrons. The Bertz CT molecular complexity index is 221. The van der Waals surface area contributed by atoms with Crippen molar-refractivity contribution in [2.24, 2.45) is 0 Å². The SMILES string of the molecule is N=[C]CCOCc1ccccc1. The summed E-state index contributed by atoms with van der Waals surface area (Å²) in [7, 11) is 0. The van der Waals surface area contributed by atoms with Crippen molar-refractivity contribution < 1.29 is 4.74 Å². The van der Waals surface area contributed by atoms with Crippen LogP contribution in [0.5, 0.6) is 0 Å². The van der Waals surface area contributed by atoms with Crippen molar-refractivity contribution in [1.29, 1.82) is 5.41 Å². The maximum atomic E-state index is 6.66. The molecule has 1 aromatic carbocycles. The molecule has 12 heavy (non-hydrogen) atoms. The molecule has 0 aliphatic heterocycles. The second-order valence-corrected chi connectivity index (χ2v) is 2.46. The van der Waals surface area contributed by atoms with Gasteiger partial charge in [0.05, 0.1) is 19.4 Å². The highest BCUT2D eigenvalue weighted by Crippen LogP contribution is 1.99. The van der Waals surface area contributed by atoms with Gasteiger partial charge in [-0.15, -0.1) is 0 Å². The highest BCUT2D eigenvalue weighted by Gasteiger charge is 1.89. The monoisotopic (exact) mass is 162 g/mol. The summed E-state index contributed by atoms with van der Waals surface area (Å²) in [6.45, 7) is 1.21. The first-order valence-electron chi connectivity index (χ1n) is 3.95. The largest absolute Gasteiger partial charge is 0.376 e. The molecule has 0 spiro atoms. The van der Waals surface area contributed by atoms with Crippen LogP contribution in [0.25, 0.3) is 0 Å². The summed E-state index contributed by atoms with van der Waals surface area (Å²) < 4.78 is 5.28. The second kappa shape index (κ2) is 5.49. The van der Waals surface area contributed by atoms with Gasteiger partial charge in [-0.1, -0.05) is 30.3 Å². The number of ether oxygens (including phenoxy) is 1. The van der Waals surface area contributed by atoms with Crippen molar-refractivity contribution in [2.45, 2.75) is 13.0 Å². The van der Waals surface area contributed by atoms with Gasteiger partial charge in [0.15, 0.2) is 0 Å². The predicted molar refractivity (Wildman–Crippen MR) is 48.4 cm³/mol. The Morgan fingerprint density at radius 1 is 1.25 bits per heavy atom. The lowest BCUT2D eigenvalue weighted by atomic mass is 10.2. The summed E-state index contributed by atoms with van der Waals surface area (Å²) in [5.41, 5.74) is 1.17. The molecule has 0 unspecified atom stereocenters. The summed E-state index contributed by atoms with van der Waals surface area (Å²) in [6.07, 6.45) is 2.86. The summed E-state index contributed by atoms with van der Waals surface area (Å²) in [5, 5.41) is 6.66. The Labute approximate surface area is 72.7 Å². The Morgan fingerprint density at radius 3 is 2.67 bits per heavy atom. The van der Waals surface area contributed by atoms with Gasteiger partial charge >= 0.3 is 0 Å². The zero-order valence-electron chi connectivity index (χ0n) is 6.92. The van der Waals surface area contributed by atoms with Crippen LogP contribution >= 0.6 is 0 Å². The number of benzene rings is 1. The van der Waals surface area contributed by atoms with Crippen LogP contribution in [-0.4, -0.2) is 12.8 Å². The molecule has 2 heteroatoms. The van der Waals surface area contributed by atoms with Gasteiger partial charge in [-0.2, -0.15) is 0 Å². The number of nitrogens with one attached hydrogen (secondary N) is 1. The van der Waals surface area contributed by atoms with E-state index in [1.54, 1.807) is 0 Å². The fourth-order valence-corrected chi connectivity index (χ4v) is 0.887. The minimum absolute atomic E-state index is 0.576. The van der Waals surface area contributed by atoms with Gasteiger partial charge in [0.2, 0.25) is 0 Å². The van der Waals surface area contributed by atoms with Gasteiger partial charge in [0, 0.05) is 6.42 Å². The zero-order chi connectivity index (χ0) is 8.65. The standard InChI is InChI=1S/C10H12NO/c11-7-4-8-12-9-10-5-2-1-3-6-10/h1-3,5-6,11H,4,8-9H2. The van der Waals surface area contributed by atoms with Gasteiger partial charge < -0.3 is 10.1 Å². The fourth-order valence-electron chi connectivity index (χ4n) is 0.887. The van der Waals surface area contributed by atoms with Crippen LogP contribution in [0.3, 0.4) is 0 Å². The van der Waals surface area contributed by atoms with E-state index in [0.29, 0.717) is 19.6 Å². The molecule has 0 atom stereocenters. The fraction of sp³-hybridized carbons (Fsp3) is 0.300. The number of hydrogen-bond donors (Lipinski definition) is 1. The van der Waals surface area contributed by atoms with Crippen LogP contribution in [0.2, 0.25) is 0 Å². The smallest absolute Gasteiger partial charge is 0.0717 e. The lowest BCUT2D eigenvalue weighted by molar-refractivity contribution is 0.128. The molecule has 0 aliphatic carbocycles. The van der Waals surface area contributed by atoms with E-state index in [9.17, 15) is 0 Å². The Kier molecular flexibility index (Phi) is 4.09. The lowest BCUT2D eigenvalue weighted by Gasteiger charge is -2.00. The Hall–Kier alpha value is -1.15. The molecule has 1 rings (SSSR count). The van der Waals surface area contributed by atoms with E-state index in [-0.39, 0.29) is 0 Å². The van der Waals surface area contributed by atoms with Crippen LogP contribution < -0.4 is 0 Å². The highest BCUT2D eigenvalue weighted by atomic mass is 16.5. The van der Waals surface area contributed by atoms with E-state index >= 15 is 0 Å². The molecule has 2 nitrogen and oxygen atoms in total. The molecule has 63 valence electrons. The van der Waals surface area contributed by atoms with Crippen LogP contribution in [-0.2, 0) is 11.3 Å². The van der Waals surface area contributed by atoms with Crippen LogP contribution in [0.4, 0.5) is 0 Å². The molecule has 0 aliphatic rings. The van der Waals surface area contributed by atoms with Crippen molar-refractivity contribution >= 4 is 6.21 Å². The Balaban J connectivity index is 2.20. The van der Waals surface area contributed by atoms with Gasteiger partial charge in [-0.05, 0) is 5.56 Å². The third-order valence-electron chi connectivity index (χ3n) is 1.48. The van der Waals surface area contributed by atoms with Crippen molar-refractivity contribution in [2.75, 3.05) is 6.61 Å². The molecule has 0 aromatic heterocycles. The molecule has 0 heterocycles. The molecule has 0 amide bonds. The van der Waals surface area contributed by atoms with E-state index in [1.807, 2.05) is 30.3 Å². The summed E-state index contributed by atoms with van der Waals surface area (Å²) in [4.78, 5) is 0. The highest BCUT2D eigenvalue weighted by molar-refractivity contribution is 5.52. The molecule has 1 N–H and O–H groups in total. The first kappa shape index (κ1) is 8.94. The van der Waals surface area contributed by atoms with E-state index in [2.05, 4.69) is 6.21 Å². The first-order valence-corrected chi connectivity index (χ1v) is 3.95. The molecular weight excluding hydrogens is 150 g/mol. The van der Waals surface area contributed by atoms with Crippen LogP contribution in [0, 0.1) is 5.41 Å². The maximum Gasteiger partial charge on any atom is 0.0717 e. The molecule has 0 fully saturated rings. The van der Waals surface area contributed by atoms with Crippen LogP contribution in [0.15, 0.2) is 30.3 Å². The summed E-state index contributed by atoms with van der Waals surface area (Å²) in [5.74, 6) is 0. The third-order valence-corrected chi connectivity index (χ3v) is 1.48. The average molecular weight is 162 g/mol. The normalized spacial score (nSPS) is 9.67. The number of rotatable bonds is 5. The Morgan fingerprint density at radius 2 is 2.00 bits per heavy atom. The second-order valence-electron chi connectivity index (χ2n) is 2.46. The lowest BCUT2D eigenvalue weighted by Crippen LogP contribution is -1.95. The van der Waals surface area contributed by atoms with Crippen molar-refractivity contribution in [1.82, 2.24) is 0 Å². The molecule has 0 saturated carbocycles. The quantitative estimate of drug-likeness (QED) is 0.522. The molecule has 1 aromatic rings. The minimum Gasteiger partial charge on any atom is -0.376 e. The van der Waals surface area contributed by atoms with Gasteiger partial charge in [-0.25, -0.2) is 0 Å². The van der Waals surface area contributed by atoms with Crippen molar-refractivity contribution in [3.63, 3.8) is 0 Å². The molecular formula is C10H12NO. The average Bonchev–Trinajstić information content (AvgIpc) is 2.14. The minimum atomic E-state index is 0.576. The first-order chi connectivity index (χ1) is 5.93. The summed E-state index contributed by atoms with van der Waals surface area (Å²) in [6, 6.07) is 10.00. The number of hydrogen-bond acceptors (Lipinski definition) is 2.